The van der Waals surface area contributed by atoms with Gasteiger partial charge in [0.05, 0.1) is 5.69 Å². The fraction of sp³-hybridized carbons (Fsp3) is 0.333. The molecule has 18 heavy (non-hydrogen) atoms. The summed E-state index contributed by atoms with van der Waals surface area (Å²) in [7, 11) is 3.68. The van der Waals surface area contributed by atoms with Crippen LogP contribution in [-0.2, 0) is 20.5 Å². The minimum Gasteiger partial charge on any atom is -0.397 e. The van der Waals surface area contributed by atoms with Crippen LogP contribution in [0.25, 0.3) is 0 Å². The van der Waals surface area contributed by atoms with Crippen LogP contribution in [0.5, 0.6) is 0 Å². The number of aryl methyl sites for hydroxylation is 2. The van der Waals surface area contributed by atoms with E-state index in [2.05, 4.69) is 10.4 Å². The molecule has 2 aromatic rings. The molecule has 0 unspecified atom stereocenters. The fourth-order valence-corrected chi connectivity index (χ4v) is 1.86. The highest BCUT2D eigenvalue weighted by atomic mass is 16.1. The quantitative estimate of drug-likeness (QED) is 0.816. The third-order valence-corrected chi connectivity index (χ3v) is 2.85. The highest BCUT2D eigenvalue weighted by Gasteiger charge is 2.10. The van der Waals surface area contributed by atoms with E-state index in [1.54, 1.807) is 34.8 Å². The highest BCUT2D eigenvalue weighted by molar-refractivity contribution is 5.93. The van der Waals surface area contributed by atoms with Crippen molar-refractivity contribution in [3.8, 4) is 0 Å². The van der Waals surface area contributed by atoms with Gasteiger partial charge in [0.2, 0.25) is 0 Å². The number of anilines is 1. The smallest absolute Gasteiger partial charge is 0.267 e. The molecule has 0 aliphatic heterocycles. The molecule has 96 valence electrons. The van der Waals surface area contributed by atoms with Gasteiger partial charge in [0.15, 0.2) is 0 Å². The molecule has 2 heterocycles. The number of hydrogen-bond acceptors (Lipinski definition) is 3. The molecule has 0 saturated carbocycles. The van der Waals surface area contributed by atoms with Gasteiger partial charge < -0.3 is 15.6 Å². The van der Waals surface area contributed by atoms with Crippen LogP contribution in [0.4, 0.5) is 5.69 Å². The van der Waals surface area contributed by atoms with E-state index in [0.29, 0.717) is 17.9 Å². The molecule has 6 nitrogen and oxygen atoms in total. The lowest BCUT2D eigenvalue weighted by Gasteiger charge is -2.06. The Balaban J connectivity index is 1.89. The van der Waals surface area contributed by atoms with E-state index in [4.69, 9.17) is 5.73 Å². The topological polar surface area (TPSA) is 77.9 Å². The Morgan fingerprint density at radius 2 is 2.28 bits per heavy atom. The molecule has 0 atom stereocenters. The molecule has 0 aromatic carbocycles. The first-order valence-electron chi connectivity index (χ1n) is 5.75. The molecule has 1 amide bonds. The van der Waals surface area contributed by atoms with E-state index in [1.807, 2.05) is 13.1 Å². The van der Waals surface area contributed by atoms with Gasteiger partial charge in [-0.3, -0.25) is 9.48 Å². The van der Waals surface area contributed by atoms with E-state index in [-0.39, 0.29) is 5.91 Å². The SMILES string of the molecule is Cn1cc(N)cc1C(=O)NCCc1ccnn1C. The number of aromatic nitrogens is 3. The number of rotatable bonds is 4. The lowest BCUT2D eigenvalue weighted by molar-refractivity contribution is 0.0946. The first-order valence-corrected chi connectivity index (χ1v) is 5.75. The minimum atomic E-state index is -0.114. The van der Waals surface area contributed by atoms with Crippen LogP contribution in [0.1, 0.15) is 16.2 Å². The van der Waals surface area contributed by atoms with Crippen LogP contribution in [0, 0.1) is 0 Å². The number of nitrogens with one attached hydrogen (secondary N) is 1. The zero-order valence-corrected chi connectivity index (χ0v) is 10.6. The van der Waals surface area contributed by atoms with Gasteiger partial charge in [0.1, 0.15) is 5.69 Å². The standard InChI is InChI=1S/C12H17N5O/c1-16-8-9(13)7-11(16)12(18)14-5-3-10-4-6-15-17(10)2/h4,6-8H,3,5,13H2,1-2H3,(H,14,18). The van der Waals surface area contributed by atoms with Gasteiger partial charge in [-0.25, -0.2) is 0 Å². The van der Waals surface area contributed by atoms with Crippen LogP contribution in [-0.4, -0.2) is 26.8 Å². The van der Waals surface area contributed by atoms with E-state index >= 15 is 0 Å². The Morgan fingerprint density at radius 3 is 2.83 bits per heavy atom. The summed E-state index contributed by atoms with van der Waals surface area (Å²) in [6.45, 7) is 0.573. The molecule has 0 spiro atoms. The van der Waals surface area contributed by atoms with Crippen molar-refractivity contribution < 1.29 is 4.79 Å². The number of hydrogen-bond donors (Lipinski definition) is 2. The maximum atomic E-state index is 11.9. The van der Waals surface area contributed by atoms with Gasteiger partial charge in [0.25, 0.3) is 5.91 Å². The molecule has 2 rings (SSSR count). The zero-order valence-electron chi connectivity index (χ0n) is 10.6. The average molecular weight is 247 g/mol. The van der Waals surface area contributed by atoms with Gasteiger partial charge in [-0.1, -0.05) is 0 Å². The van der Waals surface area contributed by atoms with Crippen LogP contribution in [0.2, 0.25) is 0 Å². The Bertz CT molecular complexity index is 555. The number of carbonyl (C=O) groups is 1. The fourth-order valence-electron chi connectivity index (χ4n) is 1.86. The van der Waals surface area contributed by atoms with E-state index in [1.165, 1.54) is 0 Å². The molecular formula is C12H17N5O. The molecular weight excluding hydrogens is 230 g/mol. The van der Waals surface area contributed by atoms with Crippen molar-refractivity contribution >= 4 is 11.6 Å². The van der Waals surface area contributed by atoms with Gasteiger partial charge in [-0.2, -0.15) is 5.10 Å². The second-order valence-electron chi connectivity index (χ2n) is 4.22. The second kappa shape index (κ2) is 4.95. The molecule has 0 radical (unpaired) electrons. The normalized spacial score (nSPS) is 10.6. The third kappa shape index (κ3) is 2.53. The van der Waals surface area contributed by atoms with Crippen molar-refractivity contribution in [1.29, 1.82) is 0 Å². The molecule has 2 aromatic heterocycles. The molecule has 0 fully saturated rings. The molecule has 0 bridgehead atoms. The van der Waals surface area contributed by atoms with E-state index < -0.39 is 0 Å². The van der Waals surface area contributed by atoms with E-state index in [9.17, 15) is 4.79 Å². The number of nitrogen functional groups attached to an aromatic ring is 1. The van der Waals surface area contributed by atoms with Crippen molar-refractivity contribution in [2.45, 2.75) is 6.42 Å². The largest absolute Gasteiger partial charge is 0.397 e. The van der Waals surface area contributed by atoms with Crippen molar-refractivity contribution in [3.63, 3.8) is 0 Å². The second-order valence-corrected chi connectivity index (χ2v) is 4.22. The lowest BCUT2D eigenvalue weighted by Crippen LogP contribution is -2.27. The van der Waals surface area contributed by atoms with Gasteiger partial charge >= 0.3 is 0 Å². The Labute approximate surface area is 105 Å². The lowest BCUT2D eigenvalue weighted by atomic mass is 10.3. The maximum Gasteiger partial charge on any atom is 0.267 e. The van der Waals surface area contributed by atoms with E-state index in [0.717, 1.165) is 12.1 Å². The summed E-state index contributed by atoms with van der Waals surface area (Å²) in [5, 5.41) is 6.94. The van der Waals surface area contributed by atoms with Crippen molar-refractivity contribution in [3.05, 3.63) is 35.9 Å². The summed E-state index contributed by atoms with van der Waals surface area (Å²) in [5.74, 6) is -0.114. The maximum absolute atomic E-state index is 11.9. The van der Waals surface area contributed by atoms with Crippen LogP contribution >= 0.6 is 0 Å². The monoisotopic (exact) mass is 247 g/mol. The Morgan fingerprint density at radius 1 is 1.50 bits per heavy atom. The molecule has 3 N–H and O–H groups in total. The summed E-state index contributed by atoms with van der Waals surface area (Å²) >= 11 is 0. The molecule has 0 aliphatic rings. The zero-order chi connectivity index (χ0) is 13.1. The number of carbonyl (C=O) groups excluding carboxylic acids is 1. The minimum absolute atomic E-state index is 0.114. The Kier molecular flexibility index (Phi) is 3.36. The highest BCUT2D eigenvalue weighted by Crippen LogP contribution is 2.08. The van der Waals surface area contributed by atoms with Crippen molar-refractivity contribution in [1.82, 2.24) is 19.7 Å². The Hall–Kier alpha value is -2.24. The van der Waals surface area contributed by atoms with Gasteiger partial charge in [0, 0.05) is 45.1 Å². The first-order chi connectivity index (χ1) is 8.58. The summed E-state index contributed by atoms with van der Waals surface area (Å²) in [5.41, 5.74) is 7.87. The molecule has 6 heteroatoms. The van der Waals surface area contributed by atoms with Gasteiger partial charge in [-0.05, 0) is 12.1 Å². The van der Waals surface area contributed by atoms with Crippen molar-refractivity contribution in [2.24, 2.45) is 14.1 Å². The summed E-state index contributed by atoms with van der Waals surface area (Å²) in [6.07, 6.45) is 4.22. The van der Waals surface area contributed by atoms with Crippen LogP contribution < -0.4 is 11.1 Å². The number of nitrogens with zero attached hydrogens (tertiary/aromatic N) is 3. The number of nitrogens with two attached hydrogens (primary N) is 1. The summed E-state index contributed by atoms with van der Waals surface area (Å²) < 4.78 is 3.52. The van der Waals surface area contributed by atoms with Gasteiger partial charge in [-0.15, -0.1) is 0 Å². The predicted octanol–water partition coefficient (Wildman–Crippen LogP) is 0.313. The first kappa shape index (κ1) is 12.2. The van der Waals surface area contributed by atoms with Crippen LogP contribution in [0.15, 0.2) is 24.5 Å². The molecule has 0 aliphatic carbocycles. The average Bonchev–Trinajstić information content (AvgIpc) is 2.85. The predicted molar refractivity (Wildman–Crippen MR) is 69.1 cm³/mol. The number of amides is 1. The summed E-state index contributed by atoms with van der Waals surface area (Å²) in [4.78, 5) is 11.9. The summed E-state index contributed by atoms with van der Waals surface area (Å²) in [6, 6.07) is 3.60. The molecule has 0 saturated heterocycles. The van der Waals surface area contributed by atoms with Crippen LogP contribution in [0.3, 0.4) is 0 Å². The van der Waals surface area contributed by atoms with Crippen molar-refractivity contribution in [2.75, 3.05) is 12.3 Å². The third-order valence-electron chi connectivity index (χ3n) is 2.85.